The van der Waals surface area contributed by atoms with Gasteiger partial charge in [-0.05, 0) is 25.0 Å². The summed E-state index contributed by atoms with van der Waals surface area (Å²) in [5.41, 5.74) is 2.85. The molecule has 130 valence electrons. The molecule has 0 unspecified atom stereocenters. The van der Waals surface area contributed by atoms with Gasteiger partial charge in [0.15, 0.2) is 0 Å². The number of aldehydes is 1. The van der Waals surface area contributed by atoms with Crippen LogP contribution in [0.25, 0.3) is 10.9 Å². The molecule has 2 atom stereocenters. The zero-order chi connectivity index (χ0) is 18.2. The highest BCUT2D eigenvalue weighted by molar-refractivity contribution is 6.46. The molecule has 0 fully saturated rings. The zero-order valence-corrected chi connectivity index (χ0v) is 15.5. The number of aliphatic hydroxyl groups excluding tert-OH is 1. The van der Waals surface area contributed by atoms with Crippen LogP contribution in [0.3, 0.4) is 0 Å². The lowest BCUT2D eigenvalue weighted by atomic mass is 9.96. The third-order valence-electron chi connectivity index (χ3n) is 4.15. The van der Waals surface area contributed by atoms with E-state index in [0.29, 0.717) is 33.1 Å². The minimum Gasteiger partial charge on any atom is -0.384 e. The lowest BCUT2D eigenvalue weighted by Gasteiger charge is -2.13. The van der Waals surface area contributed by atoms with Crippen LogP contribution in [0.15, 0.2) is 6.07 Å². The summed E-state index contributed by atoms with van der Waals surface area (Å²) in [6.45, 7) is 5.16. The summed E-state index contributed by atoms with van der Waals surface area (Å²) in [6, 6.07) is 1.55. The van der Waals surface area contributed by atoms with Crippen LogP contribution in [0.2, 0.25) is 10.0 Å². The second-order valence-corrected chi connectivity index (χ2v) is 6.59. The second-order valence-electron chi connectivity index (χ2n) is 5.81. The molecule has 0 radical (unpaired) electrons. The Bertz CT molecular complexity index is 812. The average Bonchev–Trinajstić information content (AvgIpc) is 2.84. The maximum atomic E-state index is 12.0. The molecule has 1 heterocycles. The monoisotopic (exact) mass is 370 g/mol. The quantitative estimate of drug-likeness (QED) is 0.788. The predicted octanol–water partition coefficient (Wildman–Crippen LogP) is 3.67. The number of halogens is 2. The molecular formula is C17H20Cl2N2O3. The van der Waals surface area contributed by atoms with Crippen LogP contribution in [-0.4, -0.2) is 28.0 Å². The minimum absolute atomic E-state index is 0.290. The summed E-state index contributed by atoms with van der Waals surface area (Å²) in [6.07, 6.45) is 0.378. The molecule has 0 bridgehead atoms. The third kappa shape index (κ3) is 3.04. The second kappa shape index (κ2) is 7.13. The Balaban J connectivity index is 2.90. The summed E-state index contributed by atoms with van der Waals surface area (Å²) in [4.78, 5) is 23.4. The number of aliphatic hydroxyl groups is 1. The fraction of sp³-hybridized carbons (Fsp3) is 0.412. The van der Waals surface area contributed by atoms with E-state index < -0.39 is 12.0 Å². The van der Waals surface area contributed by atoms with E-state index in [0.717, 1.165) is 17.5 Å². The van der Waals surface area contributed by atoms with Crippen molar-refractivity contribution in [2.75, 3.05) is 5.32 Å². The number of aromatic nitrogens is 1. The van der Waals surface area contributed by atoms with Crippen LogP contribution >= 0.6 is 23.2 Å². The molecule has 2 rings (SSSR count). The topological polar surface area (TPSA) is 71.3 Å². The normalized spacial score (nSPS) is 13.8. The number of aryl methyl sites for hydroxylation is 1. The number of amides is 1. The Morgan fingerprint density at radius 3 is 2.54 bits per heavy atom. The lowest BCUT2D eigenvalue weighted by Crippen LogP contribution is -2.24. The molecule has 7 heteroatoms. The number of anilines is 1. The first kappa shape index (κ1) is 18.8. The first-order chi connectivity index (χ1) is 11.2. The van der Waals surface area contributed by atoms with E-state index >= 15 is 0 Å². The number of nitrogens with zero attached hydrogens (tertiary/aromatic N) is 1. The summed E-state index contributed by atoms with van der Waals surface area (Å²) in [5, 5.41) is 13.5. The molecule has 0 saturated heterocycles. The van der Waals surface area contributed by atoms with E-state index in [9.17, 15) is 14.7 Å². The van der Waals surface area contributed by atoms with Crippen molar-refractivity contribution in [2.45, 2.75) is 39.2 Å². The molecule has 5 nitrogen and oxygen atoms in total. The van der Waals surface area contributed by atoms with Crippen LogP contribution in [-0.2, 0) is 23.1 Å². The van der Waals surface area contributed by atoms with Gasteiger partial charge in [0.1, 0.15) is 12.4 Å². The largest absolute Gasteiger partial charge is 0.384 e. The molecule has 1 aromatic heterocycles. The van der Waals surface area contributed by atoms with Gasteiger partial charge in [-0.15, -0.1) is 0 Å². The molecular weight excluding hydrogens is 351 g/mol. The molecule has 1 amide bonds. The molecule has 0 aliphatic heterocycles. The van der Waals surface area contributed by atoms with Crippen LogP contribution in [0.4, 0.5) is 5.69 Å². The SMILES string of the molecule is CCc1c([C@H](C)C=O)c2c(NC(=O)[C@H](C)O)cc(Cl)c(Cl)c2n1C. The summed E-state index contributed by atoms with van der Waals surface area (Å²) >= 11 is 12.6. The Kier molecular flexibility index (Phi) is 5.58. The van der Waals surface area contributed by atoms with Gasteiger partial charge in [-0.2, -0.15) is 0 Å². The standard InChI is InChI=1S/C17H20Cl2N2O3/c1-5-12-13(8(2)7-22)14-11(20-17(24)9(3)23)6-10(18)15(19)16(14)21(12)4/h6-9,23H,5H2,1-4H3,(H,20,24)/t8-,9+/m1/s1. The summed E-state index contributed by atoms with van der Waals surface area (Å²) in [5.74, 6) is -0.926. The van der Waals surface area contributed by atoms with Gasteiger partial charge in [0.05, 0.1) is 21.2 Å². The van der Waals surface area contributed by atoms with Crippen molar-refractivity contribution in [2.24, 2.45) is 7.05 Å². The van der Waals surface area contributed by atoms with E-state index in [2.05, 4.69) is 5.32 Å². The molecule has 0 saturated carbocycles. The van der Waals surface area contributed by atoms with Crippen molar-refractivity contribution in [1.29, 1.82) is 0 Å². The molecule has 2 N–H and O–H groups in total. The van der Waals surface area contributed by atoms with Crippen LogP contribution in [0.1, 0.15) is 37.9 Å². The third-order valence-corrected chi connectivity index (χ3v) is 4.92. The zero-order valence-electron chi connectivity index (χ0n) is 14.0. The van der Waals surface area contributed by atoms with Crippen molar-refractivity contribution in [3.05, 3.63) is 27.4 Å². The minimum atomic E-state index is -1.17. The number of nitrogens with one attached hydrogen (secondary N) is 1. The number of fused-ring (bicyclic) bond motifs is 1. The van der Waals surface area contributed by atoms with Gasteiger partial charge in [-0.3, -0.25) is 4.79 Å². The van der Waals surface area contributed by atoms with Crippen molar-refractivity contribution in [3.8, 4) is 0 Å². The number of carbonyl (C=O) groups excluding carboxylic acids is 2. The summed E-state index contributed by atoms with van der Waals surface area (Å²) < 4.78 is 1.90. The highest BCUT2D eigenvalue weighted by Gasteiger charge is 2.25. The molecule has 24 heavy (non-hydrogen) atoms. The Morgan fingerprint density at radius 2 is 2.04 bits per heavy atom. The maximum Gasteiger partial charge on any atom is 0.252 e. The smallest absolute Gasteiger partial charge is 0.252 e. The number of hydrogen-bond acceptors (Lipinski definition) is 3. The van der Waals surface area contributed by atoms with E-state index in [1.54, 1.807) is 13.0 Å². The van der Waals surface area contributed by atoms with E-state index in [1.165, 1.54) is 6.92 Å². The fourth-order valence-corrected chi connectivity index (χ4v) is 3.46. The highest BCUT2D eigenvalue weighted by atomic mass is 35.5. The predicted molar refractivity (Wildman–Crippen MR) is 97.1 cm³/mol. The highest BCUT2D eigenvalue weighted by Crippen LogP contribution is 2.42. The van der Waals surface area contributed by atoms with Crippen molar-refractivity contribution < 1.29 is 14.7 Å². The van der Waals surface area contributed by atoms with Gasteiger partial charge in [-0.25, -0.2) is 0 Å². The van der Waals surface area contributed by atoms with E-state index in [-0.39, 0.29) is 5.92 Å². The van der Waals surface area contributed by atoms with Gasteiger partial charge in [-0.1, -0.05) is 37.0 Å². The first-order valence-corrected chi connectivity index (χ1v) is 8.43. The molecule has 1 aromatic carbocycles. The van der Waals surface area contributed by atoms with Crippen LogP contribution in [0.5, 0.6) is 0 Å². The van der Waals surface area contributed by atoms with Gasteiger partial charge < -0.3 is 19.8 Å². The Labute approximate surface area is 150 Å². The van der Waals surface area contributed by atoms with Gasteiger partial charge in [0.2, 0.25) is 0 Å². The maximum absolute atomic E-state index is 12.0. The number of carbonyl (C=O) groups is 2. The van der Waals surface area contributed by atoms with Crippen molar-refractivity contribution in [3.63, 3.8) is 0 Å². The Morgan fingerprint density at radius 1 is 1.42 bits per heavy atom. The number of benzene rings is 1. The lowest BCUT2D eigenvalue weighted by molar-refractivity contribution is -0.123. The van der Waals surface area contributed by atoms with Crippen molar-refractivity contribution >= 4 is 52.0 Å². The Hall–Kier alpha value is -1.56. The fourth-order valence-electron chi connectivity index (χ4n) is 2.98. The van der Waals surface area contributed by atoms with E-state index in [4.69, 9.17) is 23.2 Å². The van der Waals surface area contributed by atoms with Crippen LogP contribution < -0.4 is 5.32 Å². The molecule has 0 spiro atoms. The molecule has 0 aliphatic rings. The van der Waals surface area contributed by atoms with Crippen molar-refractivity contribution in [1.82, 2.24) is 4.57 Å². The molecule has 2 aromatic rings. The van der Waals surface area contributed by atoms with Crippen LogP contribution in [0, 0.1) is 0 Å². The van der Waals surface area contributed by atoms with Gasteiger partial charge in [0, 0.05) is 24.0 Å². The van der Waals surface area contributed by atoms with Gasteiger partial charge in [0.25, 0.3) is 5.91 Å². The van der Waals surface area contributed by atoms with E-state index in [1.807, 2.05) is 18.5 Å². The van der Waals surface area contributed by atoms with Gasteiger partial charge >= 0.3 is 0 Å². The molecule has 0 aliphatic carbocycles. The number of rotatable bonds is 5. The number of hydrogen-bond donors (Lipinski definition) is 2. The first-order valence-electron chi connectivity index (χ1n) is 7.67. The summed E-state index contributed by atoms with van der Waals surface area (Å²) in [7, 11) is 1.85. The average molecular weight is 371 g/mol.